The fraction of sp³-hybridized carbons (Fsp3) is 0.333. The zero-order valence-electron chi connectivity index (χ0n) is 14.3. The van der Waals surface area contributed by atoms with Gasteiger partial charge in [0.05, 0.1) is 5.39 Å². The van der Waals surface area contributed by atoms with Crippen LogP contribution in [0.15, 0.2) is 30.9 Å². The molecule has 1 aliphatic rings. The molecule has 2 N–H and O–H groups in total. The first kappa shape index (κ1) is 16.3. The molecule has 0 radical (unpaired) electrons. The number of hydrogen-bond donors (Lipinski definition) is 2. The van der Waals surface area contributed by atoms with Crippen LogP contribution in [-0.2, 0) is 0 Å². The predicted molar refractivity (Wildman–Crippen MR) is 95.7 cm³/mol. The lowest BCUT2D eigenvalue weighted by Gasteiger charge is -2.33. The molecule has 3 aromatic heterocycles. The third kappa shape index (κ3) is 3.05. The van der Waals surface area contributed by atoms with Crippen LogP contribution >= 0.6 is 0 Å². The number of nitrogens with one attached hydrogen (secondary N) is 1. The topological polar surface area (TPSA) is 104 Å². The van der Waals surface area contributed by atoms with Crippen molar-refractivity contribution in [1.29, 1.82) is 0 Å². The molecule has 3 aromatic rings. The number of nitrogens with zero attached hydrogens (tertiary/aromatic N) is 4. The number of carbonyl (C=O) groups is 1. The highest BCUT2D eigenvalue weighted by atomic mass is 16.5. The third-order valence-electron chi connectivity index (χ3n) is 4.64. The van der Waals surface area contributed by atoms with E-state index in [1.54, 1.807) is 18.5 Å². The molecule has 0 unspecified atom stereocenters. The number of aromatic carboxylic acids is 1. The van der Waals surface area contributed by atoms with E-state index in [1.165, 1.54) is 6.33 Å². The normalized spacial score (nSPS) is 15.3. The highest BCUT2D eigenvalue weighted by molar-refractivity contribution is 5.96. The first-order chi connectivity index (χ1) is 12.6. The van der Waals surface area contributed by atoms with Crippen LogP contribution in [0.1, 0.15) is 28.9 Å². The van der Waals surface area contributed by atoms with E-state index in [1.807, 2.05) is 13.0 Å². The van der Waals surface area contributed by atoms with Crippen molar-refractivity contribution in [2.45, 2.75) is 25.9 Å². The van der Waals surface area contributed by atoms with Crippen LogP contribution in [0.25, 0.3) is 11.0 Å². The summed E-state index contributed by atoms with van der Waals surface area (Å²) in [4.78, 5) is 28.8. The maximum Gasteiger partial charge on any atom is 0.352 e. The number of H-pyrrole nitrogens is 1. The molecule has 1 aliphatic heterocycles. The smallest absolute Gasteiger partial charge is 0.352 e. The van der Waals surface area contributed by atoms with Gasteiger partial charge in [0.1, 0.15) is 35.3 Å². The Hall–Kier alpha value is -3.16. The second-order valence-corrected chi connectivity index (χ2v) is 6.39. The van der Waals surface area contributed by atoms with Crippen LogP contribution in [0.4, 0.5) is 5.82 Å². The van der Waals surface area contributed by atoms with Gasteiger partial charge in [0.2, 0.25) is 0 Å². The average molecular weight is 353 g/mol. The van der Waals surface area contributed by atoms with Gasteiger partial charge < -0.3 is 19.7 Å². The molecule has 4 heterocycles. The highest BCUT2D eigenvalue weighted by Crippen LogP contribution is 2.28. The number of pyridine rings is 1. The SMILES string of the molecule is Cc1cnccc1OC1CCN(c2ncnc3[nH]c(C(=O)O)cc23)CC1. The molecule has 134 valence electrons. The Morgan fingerprint density at radius 2 is 2.15 bits per heavy atom. The number of piperidine rings is 1. The molecule has 0 bridgehead atoms. The van der Waals surface area contributed by atoms with E-state index >= 15 is 0 Å². The fourth-order valence-corrected chi connectivity index (χ4v) is 3.25. The summed E-state index contributed by atoms with van der Waals surface area (Å²) in [6.07, 6.45) is 6.87. The summed E-state index contributed by atoms with van der Waals surface area (Å²) < 4.78 is 6.11. The Labute approximate surface area is 149 Å². The summed E-state index contributed by atoms with van der Waals surface area (Å²) in [5.74, 6) is 0.630. The first-order valence-electron chi connectivity index (χ1n) is 8.51. The largest absolute Gasteiger partial charge is 0.490 e. The van der Waals surface area contributed by atoms with Crippen LogP contribution < -0.4 is 9.64 Å². The lowest BCUT2D eigenvalue weighted by molar-refractivity contribution is 0.0691. The van der Waals surface area contributed by atoms with Crippen LogP contribution in [0.3, 0.4) is 0 Å². The minimum absolute atomic E-state index is 0.119. The minimum atomic E-state index is -1.01. The van der Waals surface area contributed by atoms with Crippen molar-refractivity contribution in [2.75, 3.05) is 18.0 Å². The zero-order valence-corrected chi connectivity index (χ0v) is 14.3. The van der Waals surface area contributed by atoms with Crippen LogP contribution in [0, 0.1) is 6.92 Å². The predicted octanol–water partition coefficient (Wildman–Crippen LogP) is 2.41. The van der Waals surface area contributed by atoms with Crippen molar-refractivity contribution in [3.05, 3.63) is 42.1 Å². The van der Waals surface area contributed by atoms with E-state index < -0.39 is 5.97 Å². The minimum Gasteiger partial charge on any atom is -0.490 e. The maximum atomic E-state index is 11.2. The summed E-state index contributed by atoms with van der Waals surface area (Å²) in [5, 5.41) is 9.90. The number of aryl methyl sites for hydroxylation is 1. The molecule has 1 saturated heterocycles. The Kier molecular flexibility index (Phi) is 4.16. The number of hydrogen-bond acceptors (Lipinski definition) is 6. The number of rotatable bonds is 4. The van der Waals surface area contributed by atoms with Crippen LogP contribution in [0.2, 0.25) is 0 Å². The van der Waals surface area contributed by atoms with E-state index in [9.17, 15) is 9.90 Å². The molecule has 1 fully saturated rings. The van der Waals surface area contributed by atoms with Gasteiger partial charge in [-0.15, -0.1) is 0 Å². The highest BCUT2D eigenvalue weighted by Gasteiger charge is 2.24. The summed E-state index contributed by atoms with van der Waals surface area (Å²) in [5.41, 5.74) is 1.69. The van der Waals surface area contributed by atoms with Crippen LogP contribution in [0.5, 0.6) is 5.75 Å². The molecule has 0 amide bonds. The summed E-state index contributed by atoms with van der Waals surface area (Å²) in [6.45, 7) is 3.56. The average Bonchev–Trinajstić information content (AvgIpc) is 3.09. The Balaban J connectivity index is 1.49. The maximum absolute atomic E-state index is 11.2. The molecular weight excluding hydrogens is 334 g/mol. The standard InChI is InChI=1S/C18H19N5O3/c1-11-9-19-5-2-15(11)26-12-3-6-23(7-4-12)17-13-8-14(18(24)25)22-16(13)20-10-21-17/h2,5,8-10,12H,3-4,6-7H2,1H3,(H,24,25)(H,20,21,22). The summed E-state index contributed by atoms with van der Waals surface area (Å²) in [6, 6.07) is 3.48. The van der Waals surface area contributed by atoms with E-state index in [0.29, 0.717) is 5.65 Å². The van der Waals surface area contributed by atoms with Gasteiger partial charge in [-0.2, -0.15) is 0 Å². The van der Waals surface area contributed by atoms with Crippen LogP contribution in [-0.4, -0.2) is 50.2 Å². The van der Waals surface area contributed by atoms with Crippen molar-refractivity contribution >= 4 is 22.8 Å². The number of aromatic amines is 1. The van der Waals surface area contributed by atoms with E-state index in [-0.39, 0.29) is 11.8 Å². The summed E-state index contributed by atoms with van der Waals surface area (Å²) in [7, 11) is 0. The number of fused-ring (bicyclic) bond motifs is 1. The molecule has 4 rings (SSSR count). The second kappa shape index (κ2) is 6.62. The van der Waals surface area contributed by atoms with E-state index in [2.05, 4.69) is 24.8 Å². The lowest BCUT2D eigenvalue weighted by atomic mass is 10.1. The number of ether oxygens (including phenoxy) is 1. The van der Waals surface area contributed by atoms with Gasteiger partial charge in [-0.3, -0.25) is 4.98 Å². The molecule has 0 spiro atoms. The van der Waals surface area contributed by atoms with Crippen molar-refractivity contribution in [3.8, 4) is 5.75 Å². The Morgan fingerprint density at radius 1 is 1.35 bits per heavy atom. The Morgan fingerprint density at radius 3 is 2.88 bits per heavy atom. The third-order valence-corrected chi connectivity index (χ3v) is 4.64. The molecule has 8 nitrogen and oxygen atoms in total. The molecule has 26 heavy (non-hydrogen) atoms. The lowest BCUT2D eigenvalue weighted by Crippen LogP contribution is -2.38. The monoisotopic (exact) mass is 353 g/mol. The van der Waals surface area contributed by atoms with Gasteiger partial charge in [-0.1, -0.05) is 0 Å². The van der Waals surface area contributed by atoms with Gasteiger partial charge in [-0.25, -0.2) is 14.8 Å². The molecule has 0 aromatic carbocycles. The first-order valence-corrected chi connectivity index (χ1v) is 8.51. The number of carboxylic acid groups (broad SMARTS) is 1. The fourth-order valence-electron chi connectivity index (χ4n) is 3.25. The number of anilines is 1. The van der Waals surface area contributed by atoms with Crippen molar-refractivity contribution in [3.63, 3.8) is 0 Å². The van der Waals surface area contributed by atoms with Gasteiger partial charge in [0.15, 0.2) is 0 Å². The second-order valence-electron chi connectivity index (χ2n) is 6.39. The van der Waals surface area contributed by atoms with Gasteiger partial charge in [0.25, 0.3) is 0 Å². The number of aromatic nitrogens is 4. The van der Waals surface area contributed by atoms with Crippen molar-refractivity contribution in [1.82, 2.24) is 19.9 Å². The summed E-state index contributed by atoms with van der Waals surface area (Å²) >= 11 is 0. The van der Waals surface area contributed by atoms with Gasteiger partial charge >= 0.3 is 5.97 Å². The Bertz CT molecular complexity index is 947. The molecule has 0 aliphatic carbocycles. The number of carboxylic acids is 1. The van der Waals surface area contributed by atoms with E-state index in [0.717, 1.165) is 48.4 Å². The van der Waals surface area contributed by atoms with Crippen molar-refractivity contribution < 1.29 is 14.6 Å². The zero-order chi connectivity index (χ0) is 18.1. The van der Waals surface area contributed by atoms with Gasteiger partial charge in [-0.05, 0) is 19.1 Å². The molecular formula is C18H19N5O3. The molecule has 8 heteroatoms. The van der Waals surface area contributed by atoms with E-state index in [4.69, 9.17) is 4.74 Å². The van der Waals surface area contributed by atoms with Gasteiger partial charge in [0, 0.05) is 43.9 Å². The molecule has 0 saturated carbocycles. The molecule has 0 atom stereocenters. The van der Waals surface area contributed by atoms with Crippen molar-refractivity contribution in [2.24, 2.45) is 0 Å². The quantitative estimate of drug-likeness (QED) is 0.742.